The fourth-order valence-corrected chi connectivity index (χ4v) is 0. The van der Waals surface area contributed by atoms with Crippen molar-refractivity contribution in [3.05, 3.63) is 0 Å². The van der Waals surface area contributed by atoms with E-state index in [9.17, 15) is 4.39 Å². The van der Waals surface area contributed by atoms with Crippen LogP contribution in [0.25, 0.3) is 0 Å². The van der Waals surface area contributed by atoms with Crippen molar-refractivity contribution in [2.24, 2.45) is 0 Å². The summed E-state index contributed by atoms with van der Waals surface area (Å²) in [4.78, 5) is 0. The van der Waals surface area contributed by atoms with Crippen molar-refractivity contribution in [1.29, 1.82) is 0 Å². The molecule has 0 aromatic rings. The maximum absolute atomic E-state index is 11.2. The van der Waals surface area contributed by atoms with E-state index in [0.717, 1.165) is 0 Å². The molecule has 32 valence electrons. The molecule has 0 bridgehead atoms. The van der Waals surface area contributed by atoms with Gasteiger partial charge in [0.15, 0.2) is 6.36 Å². The Morgan fingerprint density at radius 1 is 2.00 bits per heavy atom. The van der Waals surface area contributed by atoms with E-state index in [-0.39, 0.29) is 0 Å². The summed E-state index contributed by atoms with van der Waals surface area (Å²) in [7, 11) is 0.498. The van der Waals surface area contributed by atoms with Crippen molar-refractivity contribution >= 4 is 10.5 Å². The van der Waals surface area contributed by atoms with Crippen LogP contribution < -0.4 is 0 Å². The Hall–Kier alpha value is 0.107. The summed E-state index contributed by atoms with van der Waals surface area (Å²) in [6.07, 6.45) is -1.05. The van der Waals surface area contributed by atoms with Crippen molar-refractivity contribution in [2.45, 2.75) is 13.3 Å². The van der Waals surface area contributed by atoms with E-state index < -0.39 is 6.36 Å². The van der Waals surface area contributed by atoms with Gasteiger partial charge in [0.25, 0.3) is 0 Å². The monoisotopic (exact) mass is 94.0 g/mol. The molecule has 0 aromatic carbocycles. The Balaban J connectivity index is 2.54. The molecule has 1 nitrogen and oxygen atoms in total. The minimum Gasteiger partial charge on any atom is -0.400 e. The normalized spacial score (nSPS) is 15.6. The number of rotatable bonds is 1. The van der Waals surface area contributed by atoms with Crippen molar-refractivity contribution < 1.29 is 8.82 Å². The average molecular weight is 94.2 g/mol. The van der Waals surface area contributed by atoms with Gasteiger partial charge in [-0.15, -0.1) is 0 Å². The lowest BCUT2D eigenvalue weighted by molar-refractivity contribution is 0.0972. The van der Waals surface area contributed by atoms with Crippen LogP contribution in [-0.4, -0.2) is 16.8 Å². The first-order valence-electron chi connectivity index (χ1n) is 1.44. The highest BCUT2D eigenvalue weighted by Gasteiger charge is 1.83. The van der Waals surface area contributed by atoms with Crippen LogP contribution in [0.4, 0.5) is 4.39 Å². The summed E-state index contributed by atoms with van der Waals surface area (Å²) >= 11 is 0. The van der Waals surface area contributed by atoms with Crippen LogP contribution in [0.2, 0.25) is 0 Å². The highest BCUT2D eigenvalue weighted by molar-refractivity contribution is 5.98. The third kappa shape index (κ3) is 4.11. The number of halogens is 1. The Morgan fingerprint density at radius 3 is 2.20 bits per heavy atom. The minimum absolute atomic E-state index is 0.498. The van der Waals surface area contributed by atoms with Crippen LogP contribution >= 0.6 is 0 Å². The molecule has 0 aromatic heterocycles. The fourth-order valence-electron chi connectivity index (χ4n) is 0. The van der Waals surface area contributed by atoms with Gasteiger partial charge in [0.2, 0.25) is 0 Å². The van der Waals surface area contributed by atoms with E-state index in [1.165, 1.54) is 6.92 Å². The second kappa shape index (κ2) is 2.35. The standard InChI is InChI=1S/C2H7FOSi/c1-2(3)4-5/h2H,1,5H3. The van der Waals surface area contributed by atoms with E-state index in [1.54, 1.807) is 0 Å². The molecule has 0 heterocycles. The predicted molar refractivity (Wildman–Crippen MR) is 21.6 cm³/mol. The molecule has 1 unspecified atom stereocenters. The van der Waals surface area contributed by atoms with Crippen molar-refractivity contribution in [1.82, 2.24) is 0 Å². The van der Waals surface area contributed by atoms with Crippen molar-refractivity contribution in [3.63, 3.8) is 0 Å². The van der Waals surface area contributed by atoms with Gasteiger partial charge in [-0.1, -0.05) is 0 Å². The number of hydrogen-bond acceptors (Lipinski definition) is 1. The average Bonchev–Trinajstić information content (AvgIpc) is 1.38. The molecule has 0 saturated heterocycles. The zero-order chi connectivity index (χ0) is 4.28. The topological polar surface area (TPSA) is 9.23 Å². The van der Waals surface area contributed by atoms with Gasteiger partial charge in [0, 0.05) is 0 Å². The highest BCUT2D eigenvalue weighted by atomic mass is 28.2. The first-order valence-corrected chi connectivity index (χ1v) is 2.26. The summed E-state index contributed by atoms with van der Waals surface area (Å²) in [6, 6.07) is 0. The fraction of sp³-hybridized carbons (Fsp3) is 1.00. The Kier molecular flexibility index (Phi) is 2.40. The van der Waals surface area contributed by atoms with E-state index in [4.69, 9.17) is 0 Å². The van der Waals surface area contributed by atoms with Gasteiger partial charge in [-0.25, -0.2) is 4.39 Å². The van der Waals surface area contributed by atoms with Gasteiger partial charge in [-0.3, -0.25) is 0 Å². The summed E-state index contributed by atoms with van der Waals surface area (Å²) < 4.78 is 15.5. The molecule has 0 amide bonds. The van der Waals surface area contributed by atoms with E-state index in [0.29, 0.717) is 10.5 Å². The molecular formula is C2H7FOSi. The van der Waals surface area contributed by atoms with Crippen molar-refractivity contribution in [2.75, 3.05) is 0 Å². The number of alkyl halides is 1. The van der Waals surface area contributed by atoms with Gasteiger partial charge in [0.1, 0.15) is 10.5 Å². The minimum atomic E-state index is -1.05. The third-order valence-corrected chi connectivity index (χ3v) is 0.974. The van der Waals surface area contributed by atoms with Gasteiger partial charge in [-0.05, 0) is 6.92 Å². The predicted octanol–water partition coefficient (Wildman–Crippen LogP) is -0.401. The van der Waals surface area contributed by atoms with Crippen molar-refractivity contribution in [3.8, 4) is 0 Å². The molecule has 0 spiro atoms. The van der Waals surface area contributed by atoms with Crippen LogP contribution in [0.1, 0.15) is 6.92 Å². The molecule has 5 heavy (non-hydrogen) atoms. The van der Waals surface area contributed by atoms with Crippen LogP contribution in [0.15, 0.2) is 0 Å². The SMILES string of the molecule is CC(F)O[SiH3]. The second-order valence-corrected chi connectivity index (χ2v) is 1.25. The molecule has 0 rings (SSSR count). The van der Waals surface area contributed by atoms with E-state index >= 15 is 0 Å². The quantitative estimate of drug-likeness (QED) is 0.402. The summed E-state index contributed by atoms with van der Waals surface area (Å²) in [5, 5.41) is 0. The molecule has 0 N–H and O–H groups in total. The van der Waals surface area contributed by atoms with Crippen LogP contribution in [0.3, 0.4) is 0 Å². The highest BCUT2D eigenvalue weighted by Crippen LogP contribution is 1.81. The van der Waals surface area contributed by atoms with Gasteiger partial charge in [-0.2, -0.15) is 0 Å². The summed E-state index contributed by atoms with van der Waals surface area (Å²) in [5.41, 5.74) is 0. The summed E-state index contributed by atoms with van der Waals surface area (Å²) in [5.74, 6) is 0. The van der Waals surface area contributed by atoms with Crippen LogP contribution in [0, 0.1) is 0 Å². The van der Waals surface area contributed by atoms with Gasteiger partial charge in [0.05, 0.1) is 0 Å². The smallest absolute Gasteiger partial charge is 0.186 e. The molecule has 0 aliphatic carbocycles. The second-order valence-electron chi connectivity index (χ2n) is 0.779. The zero-order valence-corrected chi connectivity index (χ0v) is 5.36. The first kappa shape index (κ1) is 5.11. The Bertz CT molecular complexity index is 23.6. The lowest BCUT2D eigenvalue weighted by Crippen LogP contribution is -1.93. The van der Waals surface area contributed by atoms with Crippen LogP contribution in [-0.2, 0) is 4.43 Å². The lowest BCUT2D eigenvalue weighted by atomic mass is 10.8. The summed E-state index contributed by atoms with van der Waals surface area (Å²) in [6.45, 7) is 1.37. The third-order valence-electron chi connectivity index (χ3n) is 0.325. The Labute approximate surface area is 33.7 Å². The largest absolute Gasteiger partial charge is 0.400 e. The molecule has 0 aliphatic rings. The molecular weight excluding hydrogens is 87.1 g/mol. The van der Waals surface area contributed by atoms with Gasteiger partial charge < -0.3 is 4.43 Å². The molecule has 0 fully saturated rings. The molecule has 0 radical (unpaired) electrons. The zero-order valence-electron chi connectivity index (χ0n) is 3.36. The maximum Gasteiger partial charge on any atom is 0.186 e. The Morgan fingerprint density at radius 2 is 2.20 bits per heavy atom. The lowest BCUT2D eigenvalue weighted by Gasteiger charge is -1.91. The van der Waals surface area contributed by atoms with Gasteiger partial charge >= 0.3 is 0 Å². The van der Waals surface area contributed by atoms with E-state index in [2.05, 4.69) is 4.43 Å². The van der Waals surface area contributed by atoms with E-state index in [1.807, 2.05) is 0 Å². The number of hydrogen-bond donors (Lipinski definition) is 0. The first-order chi connectivity index (χ1) is 2.27. The molecule has 3 heteroatoms. The molecule has 0 saturated carbocycles. The molecule has 1 atom stereocenters. The van der Waals surface area contributed by atoms with Crippen LogP contribution in [0.5, 0.6) is 0 Å². The molecule has 0 aliphatic heterocycles. The maximum atomic E-state index is 11.2.